The highest BCUT2D eigenvalue weighted by Gasteiger charge is 2.42. The van der Waals surface area contributed by atoms with Gasteiger partial charge in [-0.15, -0.1) is 0 Å². The first-order valence-electron chi connectivity index (χ1n) is 8.17. The Morgan fingerprint density at radius 2 is 1.88 bits per heavy atom. The number of amides is 1. The average molecular weight is 384 g/mol. The number of carbonyl (C=O) groups excluding carboxylic acids is 1. The summed E-state index contributed by atoms with van der Waals surface area (Å²) >= 11 is 0. The highest BCUT2D eigenvalue weighted by molar-refractivity contribution is 5.81. The van der Waals surface area contributed by atoms with Crippen molar-refractivity contribution in [1.29, 1.82) is 0 Å². The van der Waals surface area contributed by atoms with Gasteiger partial charge in [-0.25, -0.2) is 0 Å². The van der Waals surface area contributed by atoms with Gasteiger partial charge in [0.15, 0.2) is 12.4 Å². The Morgan fingerprint density at radius 3 is 2.42 bits per heavy atom. The molecule has 1 fully saturated rings. The summed E-state index contributed by atoms with van der Waals surface area (Å²) in [6.45, 7) is -1.37. The second-order valence-corrected chi connectivity index (χ2v) is 5.95. The SMILES string of the molecule is NCCNC(=O)C(OC1CC(O)C(O)C(CO)O1)C(O)C(O)C(O)CO. The van der Waals surface area contributed by atoms with Crippen molar-refractivity contribution >= 4 is 5.91 Å². The summed E-state index contributed by atoms with van der Waals surface area (Å²) in [5.74, 6) is -0.878. The number of hydrogen-bond donors (Lipinski definition) is 9. The zero-order valence-corrected chi connectivity index (χ0v) is 14.1. The lowest BCUT2D eigenvalue weighted by Gasteiger charge is -2.38. The zero-order chi connectivity index (χ0) is 19.9. The van der Waals surface area contributed by atoms with Crippen LogP contribution in [0.4, 0.5) is 0 Å². The van der Waals surface area contributed by atoms with E-state index in [1.54, 1.807) is 0 Å². The second kappa shape index (κ2) is 11.0. The van der Waals surface area contributed by atoms with Crippen molar-refractivity contribution in [3.05, 3.63) is 0 Å². The van der Waals surface area contributed by atoms with Gasteiger partial charge in [-0.2, -0.15) is 0 Å². The zero-order valence-electron chi connectivity index (χ0n) is 14.1. The number of aliphatic hydroxyl groups excluding tert-OH is 7. The summed E-state index contributed by atoms with van der Waals surface area (Å²) < 4.78 is 10.5. The number of aliphatic hydroxyl groups is 7. The van der Waals surface area contributed by atoms with Crippen LogP contribution in [0, 0.1) is 0 Å². The third-order valence-corrected chi connectivity index (χ3v) is 3.96. The Morgan fingerprint density at radius 1 is 1.23 bits per heavy atom. The number of hydrogen-bond acceptors (Lipinski definition) is 11. The molecule has 0 spiro atoms. The summed E-state index contributed by atoms with van der Waals surface area (Å²) in [5.41, 5.74) is 5.28. The molecule has 0 saturated carbocycles. The molecule has 10 N–H and O–H groups in total. The van der Waals surface area contributed by atoms with E-state index >= 15 is 0 Å². The van der Waals surface area contributed by atoms with Gasteiger partial charge in [0, 0.05) is 19.5 Å². The van der Waals surface area contributed by atoms with Gasteiger partial charge in [0.1, 0.15) is 30.5 Å². The van der Waals surface area contributed by atoms with Gasteiger partial charge in [-0.1, -0.05) is 0 Å². The van der Waals surface area contributed by atoms with E-state index in [-0.39, 0.29) is 19.5 Å². The largest absolute Gasteiger partial charge is 0.394 e. The molecular formula is C14H28N2O10. The molecule has 0 aromatic carbocycles. The van der Waals surface area contributed by atoms with Crippen LogP contribution in [0.5, 0.6) is 0 Å². The summed E-state index contributed by atoms with van der Waals surface area (Å²) in [6.07, 6.45) is -12.8. The van der Waals surface area contributed by atoms with Crippen molar-refractivity contribution in [3.8, 4) is 0 Å². The molecule has 0 aromatic rings. The molecule has 8 atom stereocenters. The van der Waals surface area contributed by atoms with Crippen LogP contribution in [-0.2, 0) is 14.3 Å². The van der Waals surface area contributed by atoms with Gasteiger partial charge in [0.25, 0.3) is 5.91 Å². The van der Waals surface area contributed by atoms with Gasteiger partial charge in [-0.3, -0.25) is 4.79 Å². The van der Waals surface area contributed by atoms with E-state index in [9.17, 15) is 30.3 Å². The van der Waals surface area contributed by atoms with E-state index in [2.05, 4.69) is 5.32 Å². The van der Waals surface area contributed by atoms with Crippen molar-refractivity contribution in [1.82, 2.24) is 5.32 Å². The van der Waals surface area contributed by atoms with Crippen LogP contribution in [0.3, 0.4) is 0 Å². The number of rotatable bonds is 10. The number of nitrogens with one attached hydrogen (secondary N) is 1. The smallest absolute Gasteiger partial charge is 0.252 e. The van der Waals surface area contributed by atoms with Crippen LogP contribution >= 0.6 is 0 Å². The monoisotopic (exact) mass is 384 g/mol. The molecule has 26 heavy (non-hydrogen) atoms. The highest BCUT2D eigenvalue weighted by atomic mass is 16.7. The Bertz CT molecular complexity index is 429. The molecule has 1 aliphatic heterocycles. The van der Waals surface area contributed by atoms with Crippen molar-refractivity contribution in [2.45, 2.75) is 55.4 Å². The van der Waals surface area contributed by atoms with Gasteiger partial charge in [0.05, 0.1) is 19.3 Å². The fraction of sp³-hybridized carbons (Fsp3) is 0.929. The summed E-state index contributed by atoms with van der Waals surface area (Å²) in [7, 11) is 0. The van der Waals surface area contributed by atoms with Crippen LogP contribution in [0.15, 0.2) is 0 Å². The normalized spacial score (nSPS) is 31.1. The highest BCUT2D eigenvalue weighted by Crippen LogP contribution is 2.23. The lowest BCUT2D eigenvalue weighted by atomic mass is 10.0. The first-order chi connectivity index (χ1) is 12.3. The molecule has 1 amide bonds. The third-order valence-electron chi connectivity index (χ3n) is 3.96. The first kappa shape index (κ1) is 23.1. The topological polar surface area (TPSA) is 215 Å². The van der Waals surface area contributed by atoms with Crippen molar-refractivity contribution < 1.29 is 50.0 Å². The molecule has 0 radical (unpaired) electrons. The molecule has 1 heterocycles. The molecule has 0 bridgehead atoms. The molecule has 12 heteroatoms. The maximum absolute atomic E-state index is 12.2. The molecule has 0 aliphatic carbocycles. The summed E-state index contributed by atoms with van der Waals surface area (Å²) in [4.78, 5) is 12.2. The van der Waals surface area contributed by atoms with Gasteiger partial charge in [-0.05, 0) is 0 Å². The van der Waals surface area contributed by atoms with Gasteiger partial charge in [0.2, 0.25) is 0 Å². The van der Waals surface area contributed by atoms with Crippen molar-refractivity contribution in [2.75, 3.05) is 26.3 Å². The lowest BCUT2D eigenvalue weighted by molar-refractivity contribution is -0.278. The fourth-order valence-electron chi connectivity index (χ4n) is 2.43. The second-order valence-electron chi connectivity index (χ2n) is 5.95. The molecule has 1 aliphatic rings. The Kier molecular flexibility index (Phi) is 9.81. The minimum atomic E-state index is -1.95. The minimum Gasteiger partial charge on any atom is -0.394 e. The van der Waals surface area contributed by atoms with Crippen LogP contribution in [0.25, 0.3) is 0 Å². The molecule has 154 valence electrons. The fourth-order valence-corrected chi connectivity index (χ4v) is 2.43. The van der Waals surface area contributed by atoms with Gasteiger partial charge < -0.3 is 56.3 Å². The van der Waals surface area contributed by atoms with E-state index in [0.717, 1.165) is 0 Å². The van der Waals surface area contributed by atoms with Gasteiger partial charge >= 0.3 is 0 Å². The number of carbonyl (C=O) groups is 1. The van der Waals surface area contributed by atoms with E-state index in [1.807, 2.05) is 0 Å². The van der Waals surface area contributed by atoms with E-state index < -0.39 is 68.1 Å². The molecule has 1 saturated heterocycles. The van der Waals surface area contributed by atoms with E-state index in [0.29, 0.717) is 0 Å². The molecule has 1 rings (SSSR count). The molecule has 8 unspecified atom stereocenters. The number of ether oxygens (including phenoxy) is 2. The first-order valence-corrected chi connectivity index (χ1v) is 8.17. The van der Waals surface area contributed by atoms with Crippen LogP contribution in [0.2, 0.25) is 0 Å². The quantitative estimate of drug-likeness (QED) is 0.173. The predicted molar refractivity (Wildman–Crippen MR) is 84.4 cm³/mol. The average Bonchev–Trinajstić information content (AvgIpc) is 2.64. The Hall–Kier alpha value is -0.930. The van der Waals surface area contributed by atoms with Crippen molar-refractivity contribution in [3.63, 3.8) is 0 Å². The summed E-state index contributed by atoms with van der Waals surface area (Å²) in [6, 6.07) is 0. The maximum atomic E-state index is 12.2. The number of nitrogens with two attached hydrogens (primary N) is 1. The third kappa shape index (κ3) is 6.06. The lowest BCUT2D eigenvalue weighted by Crippen LogP contribution is -2.57. The Balaban J connectivity index is 2.89. The molecule has 0 aromatic heterocycles. The van der Waals surface area contributed by atoms with Crippen LogP contribution < -0.4 is 11.1 Å². The molecular weight excluding hydrogens is 356 g/mol. The predicted octanol–water partition coefficient (Wildman–Crippen LogP) is -5.65. The summed E-state index contributed by atoms with van der Waals surface area (Å²) in [5, 5.41) is 69.3. The standard InChI is InChI=1S/C14H28N2O10/c15-1-2-16-14(24)13(12(23)11(22)7(20)4-17)26-9-3-6(19)10(21)8(5-18)25-9/h6-13,17-23H,1-5,15H2,(H,16,24). The van der Waals surface area contributed by atoms with Crippen molar-refractivity contribution in [2.24, 2.45) is 5.73 Å². The Labute approximate surface area is 149 Å². The van der Waals surface area contributed by atoms with Crippen LogP contribution in [0.1, 0.15) is 6.42 Å². The van der Waals surface area contributed by atoms with E-state index in [1.165, 1.54) is 0 Å². The van der Waals surface area contributed by atoms with Crippen LogP contribution in [-0.4, -0.2) is 117 Å². The minimum absolute atomic E-state index is 0.0379. The molecule has 12 nitrogen and oxygen atoms in total. The maximum Gasteiger partial charge on any atom is 0.252 e. The van der Waals surface area contributed by atoms with E-state index in [4.69, 9.17) is 25.4 Å².